The number of carbonyl (C=O) groups is 4. The van der Waals surface area contributed by atoms with Crippen LogP contribution in [0, 0.1) is 17.8 Å². The second kappa shape index (κ2) is 54.5. The Morgan fingerprint density at radius 3 is 0.927 bits per heavy atom. The van der Waals surface area contributed by atoms with Crippen LogP contribution >= 0.6 is 15.6 Å². The molecule has 0 saturated heterocycles. The number of unbranched alkanes of at least 4 members (excludes halogenated alkanes) is 28. The maximum atomic E-state index is 13.0. The van der Waals surface area contributed by atoms with Crippen molar-refractivity contribution in [2.45, 2.75) is 324 Å². The number of phosphoric ester groups is 2. The van der Waals surface area contributed by atoms with Crippen LogP contribution in [0.3, 0.4) is 0 Å². The van der Waals surface area contributed by atoms with Gasteiger partial charge in [-0.05, 0) is 43.4 Å². The molecule has 19 heteroatoms. The van der Waals surface area contributed by atoms with E-state index in [1.165, 1.54) is 116 Å². The Bertz CT molecular complexity index is 1630. The summed E-state index contributed by atoms with van der Waals surface area (Å²) in [5.74, 6) is 0.0419. The van der Waals surface area contributed by atoms with Crippen molar-refractivity contribution in [3.63, 3.8) is 0 Å². The van der Waals surface area contributed by atoms with Crippen molar-refractivity contribution in [2.24, 2.45) is 17.8 Å². The molecule has 0 fully saturated rings. The van der Waals surface area contributed by atoms with Crippen LogP contribution < -0.4 is 0 Å². The highest BCUT2D eigenvalue weighted by Gasteiger charge is 2.30. The van der Waals surface area contributed by atoms with Gasteiger partial charge in [-0.15, -0.1) is 0 Å². The first-order valence-corrected chi connectivity index (χ1v) is 35.9. The molecule has 0 aromatic carbocycles. The molecule has 0 spiro atoms. The van der Waals surface area contributed by atoms with Gasteiger partial charge in [-0.25, -0.2) is 9.13 Å². The molecule has 17 nitrogen and oxygen atoms in total. The lowest BCUT2D eigenvalue weighted by Crippen LogP contribution is -2.30. The molecular weight excluding hydrogens is 1090 g/mol. The number of esters is 4. The Kier molecular flexibility index (Phi) is 53.2. The molecule has 0 rings (SSSR count). The van der Waals surface area contributed by atoms with E-state index in [-0.39, 0.29) is 25.7 Å². The van der Waals surface area contributed by atoms with Crippen molar-refractivity contribution in [1.82, 2.24) is 0 Å². The number of rotatable bonds is 61. The van der Waals surface area contributed by atoms with Crippen LogP contribution in [0.15, 0.2) is 0 Å². The number of carbonyl (C=O) groups excluding carboxylic acids is 4. The van der Waals surface area contributed by atoms with E-state index in [1.54, 1.807) is 0 Å². The van der Waals surface area contributed by atoms with Gasteiger partial charge >= 0.3 is 39.5 Å². The van der Waals surface area contributed by atoms with E-state index in [0.717, 1.165) is 108 Å². The molecule has 0 aliphatic rings. The molecule has 0 radical (unpaired) electrons. The molecule has 0 aliphatic carbocycles. The van der Waals surface area contributed by atoms with Crippen LogP contribution in [0.4, 0.5) is 0 Å². The number of hydrogen-bond donors (Lipinski definition) is 3. The Morgan fingerprint density at radius 1 is 0.354 bits per heavy atom. The van der Waals surface area contributed by atoms with E-state index in [2.05, 4.69) is 48.5 Å². The third-order valence-electron chi connectivity index (χ3n) is 14.7. The first kappa shape index (κ1) is 80.1. The highest BCUT2D eigenvalue weighted by molar-refractivity contribution is 7.47. The average Bonchev–Trinajstić information content (AvgIpc) is 3.43. The minimum Gasteiger partial charge on any atom is -0.462 e. The molecular formula is C63H122O17P2. The second-order valence-corrected chi connectivity index (χ2v) is 26.9. The summed E-state index contributed by atoms with van der Waals surface area (Å²) in [6, 6.07) is 0. The van der Waals surface area contributed by atoms with Gasteiger partial charge in [0.2, 0.25) is 0 Å². The molecule has 486 valence electrons. The van der Waals surface area contributed by atoms with Crippen molar-refractivity contribution in [2.75, 3.05) is 39.6 Å². The van der Waals surface area contributed by atoms with Gasteiger partial charge in [0.1, 0.15) is 19.3 Å². The van der Waals surface area contributed by atoms with E-state index < -0.39 is 97.5 Å². The van der Waals surface area contributed by atoms with E-state index in [4.69, 9.17) is 37.0 Å². The van der Waals surface area contributed by atoms with Crippen LogP contribution in [-0.4, -0.2) is 96.7 Å². The zero-order chi connectivity index (χ0) is 61.0. The summed E-state index contributed by atoms with van der Waals surface area (Å²) in [4.78, 5) is 72.1. The highest BCUT2D eigenvalue weighted by Crippen LogP contribution is 2.45. The summed E-state index contributed by atoms with van der Waals surface area (Å²) >= 11 is 0. The smallest absolute Gasteiger partial charge is 0.462 e. The summed E-state index contributed by atoms with van der Waals surface area (Å²) in [5.41, 5.74) is 0. The third kappa shape index (κ3) is 55.9. The average molecular weight is 1210 g/mol. The van der Waals surface area contributed by atoms with Crippen molar-refractivity contribution >= 4 is 39.5 Å². The standard InChI is InChI=1S/C63H122O17P2/c1-8-10-11-12-13-15-22-30-37-44-60(65)73-51-59(80-63(68)47-40-33-26-25-29-36-43-56(7)9-2)53-78-82(71,72)76-49-57(64)48-75-81(69,70)77-52-58(50-74-61(66)45-38-31-23-19-18-21-28-35-42-55(5)6)79-62(67)46-39-32-24-17-14-16-20-27-34-41-54(3)4/h54-59,64H,8-53H2,1-7H3,(H,69,70)(H,71,72)/t56?,57-,58-,59-/m1/s1. The van der Waals surface area contributed by atoms with Crippen LogP contribution in [0.1, 0.15) is 305 Å². The lowest BCUT2D eigenvalue weighted by molar-refractivity contribution is -0.161. The normalized spacial score (nSPS) is 14.7. The SMILES string of the molecule is CCCCCCCCCCCC(=O)OC[C@H](COP(=O)(O)OC[C@H](O)COP(=O)(O)OC[C@@H](COC(=O)CCCCCCCCCCC(C)C)OC(=O)CCCCCCCCCCCC(C)C)OC(=O)CCCCCCCCC(C)CC. The van der Waals surface area contributed by atoms with Gasteiger partial charge in [0.25, 0.3) is 0 Å². The minimum absolute atomic E-state index is 0.102. The Labute approximate surface area is 498 Å². The van der Waals surface area contributed by atoms with E-state index in [1.807, 2.05) is 0 Å². The molecule has 0 bridgehead atoms. The fourth-order valence-corrected chi connectivity index (χ4v) is 10.9. The van der Waals surface area contributed by atoms with E-state index >= 15 is 0 Å². The molecule has 3 unspecified atom stereocenters. The van der Waals surface area contributed by atoms with Gasteiger partial charge in [0.05, 0.1) is 26.4 Å². The van der Waals surface area contributed by atoms with Gasteiger partial charge in [0.15, 0.2) is 12.2 Å². The van der Waals surface area contributed by atoms with E-state index in [9.17, 15) is 43.2 Å². The molecule has 6 atom stereocenters. The summed E-state index contributed by atoms with van der Waals surface area (Å²) in [6.45, 7) is 11.7. The highest BCUT2D eigenvalue weighted by atomic mass is 31.2. The summed E-state index contributed by atoms with van der Waals surface area (Å²) < 4.78 is 67.9. The fraction of sp³-hybridized carbons (Fsp3) is 0.937. The first-order chi connectivity index (χ1) is 39.3. The van der Waals surface area contributed by atoms with Crippen LogP contribution in [0.25, 0.3) is 0 Å². The number of aliphatic hydroxyl groups excluding tert-OH is 1. The van der Waals surface area contributed by atoms with Gasteiger partial charge in [-0.3, -0.25) is 37.3 Å². The molecule has 0 aromatic heterocycles. The van der Waals surface area contributed by atoms with Crippen LogP contribution in [-0.2, 0) is 65.4 Å². The lowest BCUT2D eigenvalue weighted by Gasteiger charge is -2.21. The van der Waals surface area contributed by atoms with Gasteiger partial charge in [-0.1, -0.05) is 254 Å². The third-order valence-corrected chi connectivity index (χ3v) is 16.6. The summed E-state index contributed by atoms with van der Waals surface area (Å²) in [7, 11) is -9.88. The zero-order valence-corrected chi connectivity index (χ0v) is 54.7. The number of ether oxygens (including phenoxy) is 4. The Hall–Kier alpha value is -1.94. The maximum Gasteiger partial charge on any atom is 0.472 e. The summed E-state index contributed by atoms with van der Waals surface area (Å²) in [6.07, 6.45) is 34.9. The van der Waals surface area contributed by atoms with Crippen molar-refractivity contribution in [1.29, 1.82) is 0 Å². The number of phosphoric acid groups is 2. The van der Waals surface area contributed by atoms with Crippen LogP contribution in [0.5, 0.6) is 0 Å². The number of aliphatic hydroxyl groups is 1. The minimum atomic E-state index is -4.94. The molecule has 82 heavy (non-hydrogen) atoms. The first-order valence-electron chi connectivity index (χ1n) is 32.9. The predicted octanol–water partition coefficient (Wildman–Crippen LogP) is 17.1. The molecule has 0 saturated carbocycles. The van der Waals surface area contributed by atoms with Crippen molar-refractivity contribution in [3.8, 4) is 0 Å². The van der Waals surface area contributed by atoms with Gasteiger partial charge in [0, 0.05) is 25.7 Å². The molecule has 0 aliphatic heterocycles. The fourth-order valence-electron chi connectivity index (χ4n) is 9.27. The monoisotopic (exact) mass is 1210 g/mol. The Morgan fingerprint density at radius 2 is 0.622 bits per heavy atom. The Balaban J connectivity index is 5.25. The topological polar surface area (TPSA) is 237 Å². The molecule has 0 aromatic rings. The molecule has 0 amide bonds. The van der Waals surface area contributed by atoms with Gasteiger partial charge < -0.3 is 33.8 Å². The zero-order valence-electron chi connectivity index (χ0n) is 52.9. The van der Waals surface area contributed by atoms with Crippen molar-refractivity contribution < 1.29 is 80.2 Å². The summed E-state index contributed by atoms with van der Waals surface area (Å²) in [5, 5.41) is 10.5. The lowest BCUT2D eigenvalue weighted by atomic mass is 10.00. The van der Waals surface area contributed by atoms with Crippen molar-refractivity contribution in [3.05, 3.63) is 0 Å². The predicted molar refractivity (Wildman–Crippen MR) is 326 cm³/mol. The maximum absolute atomic E-state index is 13.0. The molecule has 3 N–H and O–H groups in total. The molecule has 0 heterocycles. The van der Waals surface area contributed by atoms with Gasteiger partial charge in [-0.2, -0.15) is 0 Å². The second-order valence-electron chi connectivity index (χ2n) is 24.0. The van der Waals surface area contributed by atoms with E-state index in [0.29, 0.717) is 25.7 Å². The largest absolute Gasteiger partial charge is 0.472 e. The quantitative estimate of drug-likeness (QED) is 0.0222. The van der Waals surface area contributed by atoms with Crippen LogP contribution in [0.2, 0.25) is 0 Å². The number of hydrogen-bond acceptors (Lipinski definition) is 15.